The van der Waals surface area contributed by atoms with Gasteiger partial charge in [-0.3, -0.25) is 4.98 Å². The number of nitrogens with two attached hydrogens (primary N) is 1. The number of fused-ring (bicyclic) bond motifs is 1. The number of hydrogen-bond donors (Lipinski definition) is 1. The average Bonchev–Trinajstić information content (AvgIpc) is 2.98. The van der Waals surface area contributed by atoms with Crippen molar-refractivity contribution in [2.24, 2.45) is 5.73 Å². The van der Waals surface area contributed by atoms with E-state index in [9.17, 15) is 17.6 Å². The number of halogens is 4. The first-order valence-electron chi connectivity index (χ1n) is 8.52. The molecule has 0 spiro atoms. The highest BCUT2D eigenvalue weighted by Gasteiger charge is 2.30. The van der Waals surface area contributed by atoms with Gasteiger partial charge in [-0.15, -0.1) is 0 Å². The molecule has 3 heterocycles. The van der Waals surface area contributed by atoms with Gasteiger partial charge in [0, 0.05) is 25.2 Å². The minimum absolute atomic E-state index is 0.00413. The maximum Gasteiger partial charge on any atom is 0.207 e. The summed E-state index contributed by atoms with van der Waals surface area (Å²) in [4.78, 5) is 10.1. The molecule has 0 aliphatic carbocycles. The molecule has 5 nitrogen and oxygen atoms in total. The third-order valence-electron chi connectivity index (χ3n) is 4.71. The standard InChI is InChI=1S/C18H17F4N5/c19-10-1-2-12(24-7-10)8-27-16-6-11(20)5-14(22)17(16)25-18(27)26-4-3-13(21)15(23)9-26/h1-2,5-7,13,15H,3-4,8-9,23H2. The Morgan fingerprint density at radius 1 is 1.15 bits per heavy atom. The number of rotatable bonds is 3. The summed E-state index contributed by atoms with van der Waals surface area (Å²) in [5, 5.41) is 0. The zero-order valence-electron chi connectivity index (χ0n) is 14.2. The molecule has 1 fully saturated rings. The number of piperidine rings is 1. The van der Waals surface area contributed by atoms with Gasteiger partial charge in [-0.2, -0.15) is 0 Å². The summed E-state index contributed by atoms with van der Waals surface area (Å²) in [6, 6.07) is 3.99. The van der Waals surface area contributed by atoms with Crippen molar-refractivity contribution in [3.63, 3.8) is 0 Å². The Kier molecular flexibility index (Phi) is 4.47. The fourth-order valence-electron chi connectivity index (χ4n) is 3.33. The summed E-state index contributed by atoms with van der Waals surface area (Å²) in [6.07, 6.45) is 0.169. The Hall–Kier alpha value is -2.68. The molecule has 2 atom stereocenters. The molecular weight excluding hydrogens is 362 g/mol. The molecule has 3 aromatic rings. The zero-order valence-corrected chi connectivity index (χ0v) is 14.2. The molecule has 27 heavy (non-hydrogen) atoms. The first-order valence-corrected chi connectivity index (χ1v) is 8.52. The van der Waals surface area contributed by atoms with Crippen LogP contribution in [-0.2, 0) is 6.54 Å². The summed E-state index contributed by atoms with van der Waals surface area (Å²) < 4.78 is 56.5. The lowest BCUT2D eigenvalue weighted by molar-refractivity contribution is 0.243. The lowest BCUT2D eigenvalue weighted by atomic mass is 10.1. The van der Waals surface area contributed by atoms with Crippen molar-refractivity contribution in [2.45, 2.75) is 25.2 Å². The van der Waals surface area contributed by atoms with E-state index in [2.05, 4.69) is 9.97 Å². The van der Waals surface area contributed by atoms with Crippen molar-refractivity contribution in [1.82, 2.24) is 14.5 Å². The van der Waals surface area contributed by atoms with Crippen LogP contribution in [0.2, 0.25) is 0 Å². The molecule has 2 aromatic heterocycles. The molecule has 0 amide bonds. The molecule has 2 unspecified atom stereocenters. The van der Waals surface area contributed by atoms with Crippen molar-refractivity contribution in [3.05, 3.63) is 53.6 Å². The molecule has 9 heteroatoms. The maximum absolute atomic E-state index is 14.3. The van der Waals surface area contributed by atoms with Crippen LogP contribution in [0.1, 0.15) is 12.1 Å². The second-order valence-corrected chi connectivity index (χ2v) is 6.64. The number of hydrogen-bond acceptors (Lipinski definition) is 4. The fourth-order valence-corrected chi connectivity index (χ4v) is 3.33. The molecule has 2 N–H and O–H groups in total. The van der Waals surface area contributed by atoms with E-state index in [1.54, 1.807) is 9.47 Å². The molecule has 1 aliphatic heterocycles. The monoisotopic (exact) mass is 379 g/mol. The van der Waals surface area contributed by atoms with E-state index < -0.39 is 29.7 Å². The van der Waals surface area contributed by atoms with Gasteiger partial charge in [-0.05, 0) is 18.6 Å². The van der Waals surface area contributed by atoms with Crippen LogP contribution in [0, 0.1) is 17.5 Å². The first kappa shape index (κ1) is 17.7. The van der Waals surface area contributed by atoms with E-state index in [4.69, 9.17) is 5.73 Å². The van der Waals surface area contributed by atoms with Crippen LogP contribution in [0.3, 0.4) is 0 Å². The Bertz CT molecular complexity index is 972. The summed E-state index contributed by atoms with van der Waals surface area (Å²) in [7, 11) is 0. The quantitative estimate of drug-likeness (QED) is 0.711. The predicted octanol–water partition coefficient (Wildman–Crippen LogP) is 2.77. The smallest absolute Gasteiger partial charge is 0.207 e. The maximum atomic E-state index is 14.3. The van der Waals surface area contributed by atoms with E-state index in [-0.39, 0.29) is 30.5 Å². The number of nitrogens with zero attached hydrogens (tertiary/aromatic N) is 4. The summed E-state index contributed by atoms with van der Waals surface area (Å²) in [5.41, 5.74) is 6.57. The topological polar surface area (TPSA) is 60.0 Å². The molecular formula is C18H17F4N5. The van der Waals surface area contributed by atoms with E-state index in [1.807, 2.05) is 0 Å². The highest BCUT2D eigenvalue weighted by atomic mass is 19.1. The van der Waals surface area contributed by atoms with Gasteiger partial charge in [-0.25, -0.2) is 22.5 Å². The summed E-state index contributed by atoms with van der Waals surface area (Å²) >= 11 is 0. The van der Waals surface area contributed by atoms with E-state index in [0.717, 1.165) is 12.3 Å². The van der Waals surface area contributed by atoms with Gasteiger partial charge >= 0.3 is 0 Å². The van der Waals surface area contributed by atoms with Crippen molar-refractivity contribution in [1.29, 1.82) is 0 Å². The number of anilines is 1. The van der Waals surface area contributed by atoms with Gasteiger partial charge in [0.2, 0.25) is 5.95 Å². The summed E-state index contributed by atoms with van der Waals surface area (Å²) in [5.74, 6) is -1.66. The molecule has 0 radical (unpaired) electrons. The van der Waals surface area contributed by atoms with Crippen LogP contribution in [0.5, 0.6) is 0 Å². The van der Waals surface area contributed by atoms with Gasteiger partial charge < -0.3 is 15.2 Å². The lowest BCUT2D eigenvalue weighted by Crippen LogP contribution is -2.50. The Morgan fingerprint density at radius 3 is 2.67 bits per heavy atom. The van der Waals surface area contributed by atoms with E-state index in [0.29, 0.717) is 18.2 Å². The van der Waals surface area contributed by atoms with Crippen molar-refractivity contribution in [2.75, 3.05) is 18.0 Å². The van der Waals surface area contributed by atoms with Crippen LogP contribution in [-0.4, -0.2) is 39.8 Å². The Labute approximate surface area is 152 Å². The van der Waals surface area contributed by atoms with Crippen molar-refractivity contribution < 1.29 is 17.6 Å². The normalized spacial score (nSPS) is 20.4. The van der Waals surface area contributed by atoms with Crippen LogP contribution in [0.25, 0.3) is 11.0 Å². The number of pyridine rings is 1. The van der Waals surface area contributed by atoms with Crippen LogP contribution >= 0.6 is 0 Å². The third-order valence-corrected chi connectivity index (χ3v) is 4.71. The SMILES string of the molecule is NC1CN(c2nc3c(F)cc(F)cc3n2Cc2ccc(F)cn2)CCC1F. The van der Waals surface area contributed by atoms with E-state index >= 15 is 0 Å². The van der Waals surface area contributed by atoms with Crippen LogP contribution < -0.4 is 10.6 Å². The molecule has 1 aromatic carbocycles. The largest absolute Gasteiger partial charge is 0.340 e. The highest BCUT2D eigenvalue weighted by molar-refractivity contribution is 5.80. The molecule has 1 aliphatic rings. The number of benzene rings is 1. The highest BCUT2D eigenvalue weighted by Crippen LogP contribution is 2.28. The minimum atomic E-state index is -1.12. The van der Waals surface area contributed by atoms with Gasteiger partial charge in [0.1, 0.15) is 23.3 Å². The van der Waals surface area contributed by atoms with Gasteiger partial charge in [-0.1, -0.05) is 0 Å². The van der Waals surface area contributed by atoms with E-state index in [1.165, 1.54) is 18.2 Å². The zero-order chi connectivity index (χ0) is 19.1. The molecule has 4 rings (SSSR count). The van der Waals surface area contributed by atoms with Gasteiger partial charge in [0.15, 0.2) is 5.82 Å². The molecule has 0 bridgehead atoms. The minimum Gasteiger partial charge on any atom is -0.340 e. The second-order valence-electron chi connectivity index (χ2n) is 6.64. The van der Waals surface area contributed by atoms with Crippen molar-refractivity contribution >= 4 is 17.0 Å². The number of imidazole rings is 1. The Morgan fingerprint density at radius 2 is 1.96 bits per heavy atom. The predicted molar refractivity (Wildman–Crippen MR) is 92.6 cm³/mol. The third kappa shape index (κ3) is 3.34. The number of aromatic nitrogens is 3. The second kappa shape index (κ2) is 6.80. The van der Waals surface area contributed by atoms with Gasteiger partial charge in [0.05, 0.1) is 30.0 Å². The molecule has 142 valence electrons. The number of alkyl halides is 1. The van der Waals surface area contributed by atoms with Crippen LogP contribution in [0.15, 0.2) is 30.5 Å². The lowest BCUT2D eigenvalue weighted by Gasteiger charge is -2.34. The summed E-state index contributed by atoms with van der Waals surface area (Å²) in [6.45, 7) is 0.671. The van der Waals surface area contributed by atoms with Crippen molar-refractivity contribution in [3.8, 4) is 0 Å². The average molecular weight is 379 g/mol. The van der Waals surface area contributed by atoms with Gasteiger partial charge in [0.25, 0.3) is 0 Å². The Balaban J connectivity index is 1.81. The molecule has 0 saturated carbocycles. The van der Waals surface area contributed by atoms with Crippen LogP contribution in [0.4, 0.5) is 23.5 Å². The fraction of sp³-hybridized carbons (Fsp3) is 0.333. The first-order chi connectivity index (χ1) is 12.9. The molecule has 1 saturated heterocycles.